The first-order valence-electron chi connectivity index (χ1n) is 5.66. The van der Waals surface area contributed by atoms with Crippen molar-refractivity contribution < 1.29 is 18.8 Å². The fourth-order valence-electron chi connectivity index (χ4n) is 0.968. The van der Waals surface area contributed by atoms with E-state index in [1.807, 2.05) is 0 Å². The van der Waals surface area contributed by atoms with Gasteiger partial charge in [0, 0.05) is 6.04 Å². The Morgan fingerprint density at radius 1 is 1.18 bits per heavy atom. The molecule has 0 spiro atoms. The molecule has 0 aliphatic heterocycles. The average Bonchev–Trinajstić information content (AvgIpc) is 2.21. The highest BCUT2D eigenvalue weighted by Crippen LogP contribution is 1.90. The highest BCUT2D eigenvalue weighted by Gasteiger charge is 2.05. The lowest BCUT2D eigenvalue weighted by Crippen LogP contribution is -2.37. The van der Waals surface area contributed by atoms with E-state index in [0.29, 0.717) is 26.4 Å². The Morgan fingerprint density at radius 3 is 2.29 bits per heavy atom. The second-order valence-electron chi connectivity index (χ2n) is 4.68. The zero-order valence-electron chi connectivity index (χ0n) is 11.0. The van der Waals surface area contributed by atoms with Crippen LogP contribution in [0.1, 0.15) is 6.42 Å². The van der Waals surface area contributed by atoms with Gasteiger partial charge in [0.2, 0.25) is 5.91 Å². The molecule has 0 aromatic rings. The number of nitrogens with zero attached hydrogens (tertiary/aromatic N) is 1. The van der Waals surface area contributed by atoms with Gasteiger partial charge in [-0.2, -0.15) is 0 Å². The van der Waals surface area contributed by atoms with E-state index >= 15 is 0 Å². The van der Waals surface area contributed by atoms with Gasteiger partial charge in [0.1, 0.15) is 6.54 Å². The van der Waals surface area contributed by atoms with Crippen LogP contribution in [-0.4, -0.2) is 64.5 Å². The third-order valence-electron chi connectivity index (χ3n) is 1.96. The summed E-state index contributed by atoms with van der Waals surface area (Å²) >= 11 is 0. The predicted octanol–water partition coefficient (Wildman–Crippen LogP) is -0.177. The SMILES string of the molecule is C#CNC(=O)CCOCCOCC[N+](C)(C)C. The van der Waals surface area contributed by atoms with E-state index in [-0.39, 0.29) is 12.3 Å². The highest BCUT2D eigenvalue weighted by molar-refractivity contribution is 5.77. The lowest BCUT2D eigenvalue weighted by molar-refractivity contribution is -0.870. The number of likely N-dealkylation sites (N-methyl/N-ethyl adjacent to an activating group) is 1. The number of hydrogen-bond donors (Lipinski definition) is 1. The van der Waals surface area contributed by atoms with Crippen LogP contribution in [0.15, 0.2) is 0 Å². The molecule has 0 bridgehead atoms. The first-order valence-corrected chi connectivity index (χ1v) is 5.66. The first-order chi connectivity index (χ1) is 7.95. The molecule has 0 unspecified atom stereocenters. The minimum atomic E-state index is -0.196. The summed E-state index contributed by atoms with van der Waals surface area (Å²) in [7, 11) is 6.35. The van der Waals surface area contributed by atoms with Gasteiger partial charge in [0.25, 0.3) is 0 Å². The topological polar surface area (TPSA) is 47.6 Å². The highest BCUT2D eigenvalue weighted by atomic mass is 16.5. The number of nitrogens with one attached hydrogen (secondary N) is 1. The van der Waals surface area contributed by atoms with Crippen molar-refractivity contribution in [1.82, 2.24) is 5.32 Å². The zero-order chi connectivity index (χ0) is 13.1. The fraction of sp³-hybridized carbons (Fsp3) is 0.750. The maximum atomic E-state index is 10.9. The van der Waals surface area contributed by atoms with Crippen LogP contribution < -0.4 is 5.32 Å². The van der Waals surface area contributed by atoms with Crippen LogP contribution >= 0.6 is 0 Å². The standard InChI is InChI=1S/C12H22N2O3/c1-5-13-12(15)6-8-16-10-11-17-9-7-14(2,3)4/h1H,6-11H2,2-4H3/p+1. The van der Waals surface area contributed by atoms with Crippen molar-refractivity contribution in [3.63, 3.8) is 0 Å². The number of quaternary nitrogens is 1. The average molecular weight is 243 g/mol. The summed E-state index contributed by atoms with van der Waals surface area (Å²) in [6, 6.07) is 2.07. The lowest BCUT2D eigenvalue weighted by atomic mass is 10.4. The molecule has 5 heteroatoms. The van der Waals surface area contributed by atoms with Crippen molar-refractivity contribution in [1.29, 1.82) is 0 Å². The van der Waals surface area contributed by atoms with E-state index in [0.717, 1.165) is 11.0 Å². The maximum absolute atomic E-state index is 10.9. The van der Waals surface area contributed by atoms with Crippen molar-refractivity contribution in [2.75, 3.05) is 54.1 Å². The quantitative estimate of drug-likeness (QED) is 0.264. The molecule has 5 nitrogen and oxygen atoms in total. The zero-order valence-corrected chi connectivity index (χ0v) is 11.0. The monoisotopic (exact) mass is 243 g/mol. The van der Waals surface area contributed by atoms with E-state index in [4.69, 9.17) is 15.9 Å². The van der Waals surface area contributed by atoms with Crippen molar-refractivity contribution in [3.05, 3.63) is 0 Å². The summed E-state index contributed by atoms with van der Waals surface area (Å²) in [6.07, 6.45) is 5.19. The third kappa shape index (κ3) is 12.8. The predicted molar refractivity (Wildman–Crippen MR) is 66.1 cm³/mol. The van der Waals surface area contributed by atoms with Crippen LogP contribution in [0.25, 0.3) is 0 Å². The van der Waals surface area contributed by atoms with E-state index in [1.165, 1.54) is 0 Å². The lowest BCUT2D eigenvalue weighted by Gasteiger charge is -2.23. The second-order valence-corrected chi connectivity index (χ2v) is 4.68. The minimum absolute atomic E-state index is 0.196. The Bertz CT molecular complexity index is 253. The van der Waals surface area contributed by atoms with Crippen molar-refractivity contribution >= 4 is 5.91 Å². The molecule has 1 N–H and O–H groups in total. The molecule has 0 heterocycles. The molecule has 0 saturated carbocycles. The molecule has 0 aliphatic rings. The van der Waals surface area contributed by atoms with Crippen LogP contribution in [0.3, 0.4) is 0 Å². The van der Waals surface area contributed by atoms with Gasteiger partial charge in [-0.05, 0) is 0 Å². The Hall–Kier alpha value is -1.09. The van der Waals surface area contributed by atoms with E-state index in [1.54, 1.807) is 0 Å². The van der Waals surface area contributed by atoms with E-state index in [9.17, 15) is 4.79 Å². The molecular weight excluding hydrogens is 220 g/mol. The summed E-state index contributed by atoms with van der Waals surface area (Å²) in [5, 5.41) is 2.25. The number of ether oxygens (including phenoxy) is 2. The molecule has 0 atom stereocenters. The molecule has 0 aromatic carbocycles. The Balaban J connectivity index is 3.20. The molecule has 0 rings (SSSR count). The number of amides is 1. The summed E-state index contributed by atoms with van der Waals surface area (Å²) in [6.45, 7) is 3.10. The molecule has 0 saturated heterocycles. The van der Waals surface area contributed by atoms with Crippen molar-refractivity contribution in [2.24, 2.45) is 0 Å². The first kappa shape index (κ1) is 15.9. The number of hydrogen-bond acceptors (Lipinski definition) is 3. The Kier molecular flexibility index (Phi) is 8.42. The molecule has 0 aromatic heterocycles. The van der Waals surface area contributed by atoms with Crippen LogP contribution in [0, 0.1) is 12.5 Å². The van der Waals surface area contributed by atoms with Crippen molar-refractivity contribution in [2.45, 2.75) is 6.42 Å². The molecule has 0 radical (unpaired) electrons. The second kappa shape index (κ2) is 8.99. The molecule has 0 aliphatic carbocycles. The fourth-order valence-corrected chi connectivity index (χ4v) is 0.968. The maximum Gasteiger partial charge on any atom is 0.233 e. The van der Waals surface area contributed by atoms with E-state index in [2.05, 4.69) is 32.5 Å². The smallest absolute Gasteiger partial charge is 0.233 e. The molecule has 17 heavy (non-hydrogen) atoms. The largest absolute Gasteiger partial charge is 0.379 e. The summed E-state index contributed by atoms with van der Waals surface area (Å²) in [4.78, 5) is 10.9. The summed E-state index contributed by atoms with van der Waals surface area (Å²) < 4.78 is 11.5. The molecular formula is C12H23N2O3+. The van der Waals surface area contributed by atoms with Gasteiger partial charge in [-0.25, -0.2) is 0 Å². The Labute approximate surface area is 104 Å². The molecule has 1 amide bonds. The van der Waals surface area contributed by atoms with Gasteiger partial charge in [-0.3, -0.25) is 10.1 Å². The molecule has 98 valence electrons. The number of terminal acetylenes is 1. The summed E-state index contributed by atoms with van der Waals surface area (Å²) in [5.41, 5.74) is 0. The van der Waals surface area contributed by atoms with Gasteiger partial charge < -0.3 is 14.0 Å². The van der Waals surface area contributed by atoms with Gasteiger partial charge in [-0.15, -0.1) is 0 Å². The van der Waals surface area contributed by atoms with Gasteiger partial charge >= 0.3 is 0 Å². The van der Waals surface area contributed by atoms with E-state index < -0.39 is 0 Å². The van der Waals surface area contributed by atoms with Crippen LogP contribution in [0.5, 0.6) is 0 Å². The van der Waals surface area contributed by atoms with Gasteiger partial charge in [-0.1, -0.05) is 6.42 Å². The molecule has 0 fully saturated rings. The van der Waals surface area contributed by atoms with Gasteiger partial charge in [0.05, 0.1) is 54.0 Å². The third-order valence-corrected chi connectivity index (χ3v) is 1.96. The number of rotatable bonds is 9. The van der Waals surface area contributed by atoms with Crippen molar-refractivity contribution in [3.8, 4) is 12.5 Å². The number of carbonyl (C=O) groups excluding carboxylic acids is 1. The summed E-state index contributed by atoms with van der Waals surface area (Å²) in [5.74, 6) is -0.196. The van der Waals surface area contributed by atoms with Crippen LogP contribution in [0.2, 0.25) is 0 Å². The number of carbonyl (C=O) groups is 1. The Morgan fingerprint density at radius 2 is 1.76 bits per heavy atom. The normalized spacial score (nSPS) is 10.9. The van der Waals surface area contributed by atoms with Crippen LogP contribution in [-0.2, 0) is 14.3 Å². The van der Waals surface area contributed by atoms with Gasteiger partial charge in [0.15, 0.2) is 0 Å². The van der Waals surface area contributed by atoms with Crippen LogP contribution in [0.4, 0.5) is 0 Å². The minimum Gasteiger partial charge on any atom is -0.379 e.